The van der Waals surface area contributed by atoms with Gasteiger partial charge in [0.25, 0.3) is 0 Å². The van der Waals surface area contributed by atoms with Gasteiger partial charge in [0.2, 0.25) is 0 Å². The summed E-state index contributed by atoms with van der Waals surface area (Å²) in [5.41, 5.74) is 1.05. The first kappa shape index (κ1) is 9.86. The zero-order chi connectivity index (χ0) is 10.9. The lowest BCUT2D eigenvalue weighted by Gasteiger charge is -2.43. The average Bonchev–Trinajstić information content (AvgIpc) is 2.45. The van der Waals surface area contributed by atoms with Crippen LogP contribution in [0.5, 0.6) is 0 Å². The lowest BCUT2D eigenvalue weighted by Crippen LogP contribution is -2.41. The van der Waals surface area contributed by atoms with Crippen molar-refractivity contribution < 1.29 is 4.79 Å². The van der Waals surface area contributed by atoms with Gasteiger partial charge in [-0.2, -0.15) is 0 Å². The van der Waals surface area contributed by atoms with Crippen LogP contribution in [0.3, 0.4) is 0 Å². The van der Waals surface area contributed by atoms with E-state index >= 15 is 0 Å². The van der Waals surface area contributed by atoms with E-state index in [1.54, 1.807) is 0 Å². The Morgan fingerprint density at radius 3 is 2.53 bits per heavy atom. The molecule has 0 radical (unpaired) electrons. The van der Waals surface area contributed by atoms with Crippen molar-refractivity contribution in [2.24, 2.45) is 22.2 Å². The van der Waals surface area contributed by atoms with Crippen LogP contribution >= 0.6 is 0 Å². The van der Waals surface area contributed by atoms with Gasteiger partial charge in [-0.3, -0.25) is 4.79 Å². The van der Waals surface area contributed by atoms with Crippen molar-refractivity contribution in [2.75, 3.05) is 0 Å². The van der Waals surface area contributed by atoms with Crippen LogP contribution in [0.4, 0.5) is 0 Å². The summed E-state index contributed by atoms with van der Waals surface area (Å²) < 4.78 is 0. The summed E-state index contributed by atoms with van der Waals surface area (Å²) in [6.45, 7) is 6.76. The SMILES string of the molecule is CC(=O)[C@@]12CCC[C@@]3(C)[C@@H]1CC[C@@]3(C)C2. The molecule has 3 aliphatic rings. The maximum Gasteiger partial charge on any atom is 0.136 e. The molecule has 0 unspecified atom stereocenters. The van der Waals surface area contributed by atoms with E-state index in [1.165, 1.54) is 38.5 Å². The Morgan fingerprint density at radius 1 is 1.20 bits per heavy atom. The summed E-state index contributed by atoms with van der Waals surface area (Å²) in [5, 5.41) is 0. The molecule has 0 amide bonds. The standard InChI is InChI=1S/C14H22O/c1-10(15)14-7-4-6-13(3)11(14)5-8-12(13,2)9-14/h11H,4-9H2,1-3H3/t11-,12-,13-,14-/m0/s1. The average molecular weight is 206 g/mol. The molecular formula is C14H22O. The van der Waals surface area contributed by atoms with Gasteiger partial charge in [-0.15, -0.1) is 0 Å². The van der Waals surface area contributed by atoms with Crippen molar-refractivity contribution in [1.82, 2.24) is 0 Å². The van der Waals surface area contributed by atoms with Gasteiger partial charge in [0.15, 0.2) is 0 Å². The zero-order valence-electron chi connectivity index (χ0n) is 10.2. The van der Waals surface area contributed by atoms with E-state index in [9.17, 15) is 4.79 Å². The van der Waals surface area contributed by atoms with Crippen LogP contribution in [0.2, 0.25) is 0 Å². The number of hydrogen-bond donors (Lipinski definition) is 0. The lowest BCUT2D eigenvalue weighted by atomic mass is 9.60. The van der Waals surface area contributed by atoms with Crippen molar-refractivity contribution in [3.8, 4) is 0 Å². The van der Waals surface area contributed by atoms with Gasteiger partial charge in [-0.25, -0.2) is 0 Å². The van der Waals surface area contributed by atoms with Gasteiger partial charge in [-0.1, -0.05) is 20.3 Å². The van der Waals surface area contributed by atoms with Gasteiger partial charge in [0.1, 0.15) is 5.78 Å². The monoisotopic (exact) mass is 206 g/mol. The van der Waals surface area contributed by atoms with Crippen LogP contribution in [0, 0.1) is 22.2 Å². The topological polar surface area (TPSA) is 17.1 Å². The summed E-state index contributed by atoms with van der Waals surface area (Å²) >= 11 is 0. The van der Waals surface area contributed by atoms with Crippen LogP contribution in [0.15, 0.2) is 0 Å². The Balaban J connectivity index is 2.14. The Kier molecular flexibility index (Phi) is 1.64. The summed E-state index contributed by atoms with van der Waals surface area (Å²) in [4.78, 5) is 12.1. The maximum absolute atomic E-state index is 12.1. The second-order valence-electron chi connectivity index (χ2n) is 6.81. The van der Waals surface area contributed by atoms with E-state index in [0.29, 0.717) is 22.5 Å². The van der Waals surface area contributed by atoms with E-state index in [4.69, 9.17) is 0 Å². The van der Waals surface area contributed by atoms with Gasteiger partial charge < -0.3 is 0 Å². The number of hydrogen-bond acceptors (Lipinski definition) is 1. The molecule has 4 atom stereocenters. The lowest BCUT2D eigenvalue weighted by molar-refractivity contribution is -0.132. The fourth-order valence-electron chi connectivity index (χ4n) is 5.54. The third-order valence-electron chi connectivity index (χ3n) is 6.53. The Labute approximate surface area is 92.6 Å². The van der Waals surface area contributed by atoms with E-state index in [-0.39, 0.29) is 5.41 Å². The molecule has 0 aliphatic heterocycles. The van der Waals surface area contributed by atoms with Gasteiger partial charge in [0.05, 0.1) is 0 Å². The quantitative estimate of drug-likeness (QED) is 0.641. The molecule has 1 heteroatoms. The molecule has 15 heavy (non-hydrogen) atoms. The van der Waals surface area contributed by atoms with Crippen LogP contribution in [-0.4, -0.2) is 5.78 Å². The molecule has 84 valence electrons. The first-order chi connectivity index (χ1) is 6.95. The molecule has 0 N–H and O–H groups in total. The number of ketones is 1. The minimum Gasteiger partial charge on any atom is -0.299 e. The maximum atomic E-state index is 12.1. The number of rotatable bonds is 1. The van der Waals surface area contributed by atoms with Crippen LogP contribution in [0.25, 0.3) is 0 Å². The molecule has 3 saturated carbocycles. The second kappa shape index (κ2) is 2.49. The van der Waals surface area contributed by atoms with Crippen LogP contribution < -0.4 is 0 Å². The summed E-state index contributed by atoms with van der Waals surface area (Å²) in [5.74, 6) is 1.20. The summed E-state index contributed by atoms with van der Waals surface area (Å²) in [6.07, 6.45) is 7.69. The van der Waals surface area contributed by atoms with Gasteiger partial charge >= 0.3 is 0 Å². The van der Waals surface area contributed by atoms with Crippen molar-refractivity contribution >= 4 is 5.78 Å². The fourth-order valence-corrected chi connectivity index (χ4v) is 5.54. The van der Waals surface area contributed by atoms with Crippen molar-refractivity contribution in [3.05, 3.63) is 0 Å². The highest BCUT2D eigenvalue weighted by atomic mass is 16.1. The molecule has 0 aromatic rings. The smallest absolute Gasteiger partial charge is 0.136 e. The highest BCUT2D eigenvalue weighted by Crippen LogP contribution is 2.77. The number of carbonyl (C=O) groups is 1. The molecule has 3 fully saturated rings. The third kappa shape index (κ3) is 0.855. The Bertz CT molecular complexity index is 334. The minimum absolute atomic E-state index is 0.0972. The van der Waals surface area contributed by atoms with E-state index in [1.807, 2.05) is 6.92 Å². The molecule has 0 saturated heterocycles. The highest BCUT2D eigenvalue weighted by molar-refractivity contribution is 5.84. The molecule has 0 aromatic carbocycles. The highest BCUT2D eigenvalue weighted by Gasteiger charge is 2.71. The molecule has 0 spiro atoms. The molecule has 3 rings (SSSR count). The van der Waals surface area contributed by atoms with Gasteiger partial charge in [-0.05, 0) is 55.8 Å². The number of carbonyl (C=O) groups excluding carboxylic acids is 1. The first-order valence-electron chi connectivity index (χ1n) is 6.46. The van der Waals surface area contributed by atoms with E-state index < -0.39 is 0 Å². The van der Waals surface area contributed by atoms with Crippen molar-refractivity contribution in [1.29, 1.82) is 0 Å². The molecule has 3 aliphatic carbocycles. The minimum atomic E-state index is 0.0972. The largest absolute Gasteiger partial charge is 0.299 e. The molecule has 4 bridgehead atoms. The van der Waals surface area contributed by atoms with Crippen molar-refractivity contribution in [2.45, 2.75) is 59.3 Å². The summed E-state index contributed by atoms with van der Waals surface area (Å²) in [6, 6.07) is 0. The van der Waals surface area contributed by atoms with E-state index in [0.717, 1.165) is 0 Å². The molecule has 0 aromatic heterocycles. The van der Waals surface area contributed by atoms with E-state index in [2.05, 4.69) is 13.8 Å². The first-order valence-corrected chi connectivity index (χ1v) is 6.46. The zero-order valence-corrected chi connectivity index (χ0v) is 10.2. The van der Waals surface area contributed by atoms with Gasteiger partial charge in [0, 0.05) is 5.41 Å². The molecular weight excluding hydrogens is 184 g/mol. The Morgan fingerprint density at radius 2 is 1.93 bits per heavy atom. The van der Waals surface area contributed by atoms with Crippen molar-refractivity contribution in [3.63, 3.8) is 0 Å². The molecule has 0 heterocycles. The predicted molar refractivity (Wildman–Crippen MR) is 60.5 cm³/mol. The third-order valence-corrected chi connectivity index (χ3v) is 6.53. The summed E-state index contributed by atoms with van der Waals surface area (Å²) in [7, 11) is 0. The normalized spacial score (nSPS) is 57.1. The number of Topliss-reactive ketones (excluding diaryl/α,β-unsaturated/α-hetero) is 1. The van der Waals surface area contributed by atoms with Crippen LogP contribution in [0.1, 0.15) is 59.3 Å². The predicted octanol–water partition coefficient (Wildman–Crippen LogP) is 3.57. The second-order valence-corrected chi connectivity index (χ2v) is 6.81. The Hall–Kier alpha value is -0.330. The fraction of sp³-hybridized carbons (Fsp3) is 0.929. The molecule has 1 nitrogen and oxygen atoms in total. The van der Waals surface area contributed by atoms with Crippen LogP contribution in [-0.2, 0) is 4.79 Å².